The minimum absolute atomic E-state index is 0.0103. The minimum atomic E-state index is -0.443. The Morgan fingerprint density at radius 2 is 1.95 bits per heavy atom. The van der Waals surface area contributed by atoms with Gasteiger partial charge in [-0.15, -0.1) is 11.6 Å². The van der Waals surface area contributed by atoms with Crippen molar-refractivity contribution in [3.05, 3.63) is 63.7 Å². The first-order valence-corrected chi connectivity index (χ1v) is 6.78. The van der Waals surface area contributed by atoms with Gasteiger partial charge in [0.1, 0.15) is 11.5 Å². The number of rotatable bonds is 5. The molecule has 0 unspecified atom stereocenters. The summed E-state index contributed by atoms with van der Waals surface area (Å²) in [6.07, 6.45) is 0.853. The number of benzene rings is 2. The summed E-state index contributed by atoms with van der Waals surface area (Å²) in [7, 11) is 0. The molecule has 0 amide bonds. The second-order valence-electron chi connectivity index (χ2n) is 4.24. The van der Waals surface area contributed by atoms with Crippen LogP contribution in [0.3, 0.4) is 0 Å². The highest BCUT2D eigenvalue weighted by atomic mass is 35.5. The molecule has 0 spiro atoms. The van der Waals surface area contributed by atoms with E-state index in [0.29, 0.717) is 11.3 Å². The summed E-state index contributed by atoms with van der Waals surface area (Å²) in [5.74, 6) is 1.37. The molecule has 0 aliphatic heterocycles. The monoisotopic (exact) mass is 291 g/mol. The van der Waals surface area contributed by atoms with Crippen molar-refractivity contribution in [1.29, 1.82) is 0 Å². The van der Waals surface area contributed by atoms with E-state index in [4.69, 9.17) is 16.3 Å². The van der Waals surface area contributed by atoms with Crippen molar-refractivity contribution in [3.8, 4) is 11.5 Å². The molecule has 0 aliphatic rings. The Bertz CT molecular complexity index is 628. The van der Waals surface area contributed by atoms with Crippen molar-refractivity contribution < 1.29 is 9.66 Å². The minimum Gasteiger partial charge on any atom is -0.457 e. The molecule has 2 aromatic rings. The number of alkyl halides is 1. The summed E-state index contributed by atoms with van der Waals surface area (Å²) in [5, 5.41) is 10.9. The molecule has 0 saturated heterocycles. The fourth-order valence-corrected chi connectivity index (χ4v) is 2.15. The first kappa shape index (κ1) is 14.3. The fraction of sp³-hybridized carbons (Fsp3) is 0.200. The molecule has 4 nitrogen and oxygen atoms in total. The molecule has 0 bridgehead atoms. The van der Waals surface area contributed by atoms with Crippen LogP contribution in [0.4, 0.5) is 5.69 Å². The lowest BCUT2D eigenvalue weighted by molar-refractivity contribution is -0.385. The first-order valence-electron chi connectivity index (χ1n) is 6.24. The van der Waals surface area contributed by atoms with E-state index in [9.17, 15) is 10.1 Å². The normalized spacial score (nSPS) is 10.3. The van der Waals surface area contributed by atoms with Crippen LogP contribution in [0, 0.1) is 10.1 Å². The van der Waals surface area contributed by atoms with Crippen LogP contribution in [0.15, 0.2) is 42.5 Å². The zero-order valence-corrected chi connectivity index (χ0v) is 11.8. The van der Waals surface area contributed by atoms with Crippen molar-refractivity contribution in [2.45, 2.75) is 19.2 Å². The molecule has 2 aromatic carbocycles. The van der Waals surface area contributed by atoms with Crippen LogP contribution in [-0.2, 0) is 12.3 Å². The zero-order valence-electron chi connectivity index (χ0n) is 11.0. The second kappa shape index (κ2) is 6.39. The van der Waals surface area contributed by atoms with Gasteiger partial charge in [0.2, 0.25) is 0 Å². The summed E-state index contributed by atoms with van der Waals surface area (Å²) < 4.78 is 5.80. The molecule has 0 radical (unpaired) electrons. The van der Waals surface area contributed by atoms with Gasteiger partial charge < -0.3 is 4.74 Å². The first-order chi connectivity index (χ1) is 9.65. The molecule has 5 heteroatoms. The smallest absolute Gasteiger partial charge is 0.274 e. The Balaban J connectivity index is 2.32. The highest BCUT2D eigenvalue weighted by molar-refractivity contribution is 6.17. The Labute approximate surface area is 122 Å². The molecule has 0 N–H and O–H groups in total. The third kappa shape index (κ3) is 3.08. The number of aryl methyl sites for hydroxylation is 1. The maximum absolute atomic E-state index is 10.9. The third-order valence-electron chi connectivity index (χ3n) is 2.97. The molecule has 0 atom stereocenters. The van der Waals surface area contributed by atoms with Gasteiger partial charge in [-0.05, 0) is 30.2 Å². The summed E-state index contributed by atoms with van der Waals surface area (Å²) in [6.45, 7) is 2.04. The van der Waals surface area contributed by atoms with Crippen LogP contribution in [0.5, 0.6) is 11.5 Å². The van der Waals surface area contributed by atoms with Gasteiger partial charge in [0.15, 0.2) is 0 Å². The lowest BCUT2D eigenvalue weighted by atomic mass is 10.1. The van der Waals surface area contributed by atoms with Crippen molar-refractivity contribution in [3.63, 3.8) is 0 Å². The summed E-state index contributed by atoms with van der Waals surface area (Å²) in [6, 6.07) is 12.3. The van der Waals surface area contributed by atoms with Crippen LogP contribution >= 0.6 is 11.6 Å². The molecule has 2 rings (SSSR count). The van der Waals surface area contributed by atoms with Crippen molar-refractivity contribution in [1.82, 2.24) is 0 Å². The maximum Gasteiger partial charge on any atom is 0.274 e. The molecule has 0 aliphatic carbocycles. The van der Waals surface area contributed by atoms with Gasteiger partial charge in [0, 0.05) is 11.6 Å². The van der Waals surface area contributed by atoms with Gasteiger partial charge >= 0.3 is 0 Å². The van der Waals surface area contributed by atoms with Gasteiger partial charge in [-0.1, -0.05) is 25.1 Å². The predicted molar refractivity (Wildman–Crippen MR) is 78.5 cm³/mol. The SMILES string of the molecule is CCc1ccccc1Oc1ccc([N+](=O)[O-])c(CCl)c1. The molecule has 0 heterocycles. The number of nitro benzene ring substituents is 1. The number of halogens is 1. The van der Waals surface area contributed by atoms with Gasteiger partial charge in [-0.2, -0.15) is 0 Å². The van der Waals surface area contributed by atoms with E-state index in [-0.39, 0.29) is 11.6 Å². The summed E-state index contributed by atoms with van der Waals surface area (Å²) in [4.78, 5) is 10.4. The summed E-state index contributed by atoms with van der Waals surface area (Å²) in [5.41, 5.74) is 1.54. The number of hydrogen-bond acceptors (Lipinski definition) is 3. The van der Waals surface area contributed by atoms with Crippen LogP contribution in [0.25, 0.3) is 0 Å². The standard InChI is InChI=1S/C15H14ClNO3/c1-2-11-5-3-4-6-15(11)20-13-7-8-14(17(18)19)12(9-13)10-16/h3-9H,2,10H2,1H3. The Kier molecular flexibility index (Phi) is 4.58. The highest BCUT2D eigenvalue weighted by Crippen LogP contribution is 2.30. The maximum atomic E-state index is 10.9. The number of nitrogens with zero attached hydrogens (tertiary/aromatic N) is 1. The van der Waals surface area contributed by atoms with E-state index in [1.807, 2.05) is 31.2 Å². The molecule has 104 valence electrons. The molecule has 20 heavy (non-hydrogen) atoms. The largest absolute Gasteiger partial charge is 0.457 e. The van der Waals surface area contributed by atoms with Crippen molar-refractivity contribution >= 4 is 17.3 Å². The molecular weight excluding hydrogens is 278 g/mol. The van der Waals surface area contributed by atoms with Gasteiger partial charge in [0.05, 0.1) is 10.8 Å². The van der Waals surface area contributed by atoms with Crippen LogP contribution in [-0.4, -0.2) is 4.92 Å². The number of nitro groups is 1. The van der Waals surface area contributed by atoms with E-state index in [1.54, 1.807) is 12.1 Å². The van der Waals surface area contributed by atoms with Gasteiger partial charge in [0.25, 0.3) is 5.69 Å². The van der Waals surface area contributed by atoms with Crippen LogP contribution < -0.4 is 4.74 Å². The van der Waals surface area contributed by atoms with E-state index in [1.165, 1.54) is 6.07 Å². The third-order valence-corrected chi connectivity index (χ3v) is 3.26. The average molecular weight is 292 g/mol. The Morgan fingerprint density at radius 1 is 1.20 bits per heavy atom. The molecule has 0 saturated carbocycles. The Hall–Kier alpha value is -2.07. The zero-order chi connectivity index (χ0) is 14.5. The molecule has 0 fully saturated rings. The van der Waals surface area contributed by atoms with E-state index < -0.39 is 4.92 Å². The second-order valence-corrected chi connectivity index (χ2v) is 4.51. The lowest BCUT2D eigenvalue weighted by Crippen LogP contribution is -1.95. The predicted octanol–water partition coefficient (Wildman–Crippen LogP) is 4.69. The Morgan fingerprint density at radius 3 is 2.60 bits per heavy atom. The van der Waals surface area contributed by atoms with Crippen molar-refractivity contribution in [2.24, 2.45) is 0 Å². The molecular formula is C15H14ClNO3. The average Bonchev–Trinajstić information content (AvgIpc) is 2.47. The van der Waals surface area contributed by atoms with E-state index >= 15 is 0 Å². The fourth-order valence-electron chi connectivity index (χ4n) is 1.93. The number of ether oxygens (including phenoxy) is 1. The quantitative estimate of drug-likeness (QED) is 0.456. The molecule has 0 aromatic heterocycles. The summed E-state index contributed by atoms with van der Waals surface area (Å²) >= 11 is 5.75. The van der Waals surface area contributed by atoms with Crippen LogP contribution in [0.2, 0.25) is 0 Å². The highest BCUT2D eigenvalue weighted by Gasteiger charge is 2.14. The van der Waals surface area contributed by atoms with E-state index in [0.717, 1.165) is 17.7 Å². The van der Waals surface area contributed by atoms with Gasteiger partial charge in [-0.25, -0.2) is 0 Å². The topological polar surface area (TPSA) is 52.4 Å². The number of para-hydroxylation sites is 1. The van der Waals surface area contributed by atoms with Crippen molar-refractivity contribution in [2.75, 3.05) is 0 Å². The van der Waals surface area contributed by atoms with E-state index in [2.05, 4.69) is 0 Å². The van der Waals surface area contributed by atoms with Gasteiger partial charge in [-0.3, -0.25) is 10.1 Å². The lowest BCUT2D eigenvalue weighted by Gasteiger charge is -2.10. The number of hydrogen-bond donors (Lipinski definition) is 0. The van der Waals surface area contributed by atoms with Crippen LogP contribution in [0.1, 0.15) is 18.1 Å².